The summed E-state index contributed by atoms with van der Waals surface area (Å²) in [5, 5.41) is 19.6. The van der Waals surface area contributed by atoms with E-state index in [9.17, 15) is 0 Å². The normalized spacial score (nSPS) is 12.4. The number of hydrogen-bond acceptors (Lipinski definition) is 6. The predicted octanol–water partition coefficient (Wildman–Crippen LogP) is 3.92. The molecular formula is C25H25N9. The largest absolute Gasteiger partial charge is 0.307 e. The van der Waals surface area contributed by atoms with Crippen molar-refractivity contribution in [1.82, 2.24) is 39.7 Å². The zero-order valence-corrected chi connectivity index (χ0v) is 19.2. The molecule has 0 bridgehead atoms. The average molecular weight is 452 g/mol. The van der Waals surface area contributed by atoms with Gasteiger partial charge in [0.25, 0.3) is 0 Å². The zero-order valence-electron chi connectivity index (χ0n) is 19.2. The van der Waals surface area contributed by atoms with Crippen molar-refractivity contribution in [3.63, 3.8) is 0 Å². The van der Waals surface area contributed by atoms with Gasteiger partial charge in [-0.25, -0.2) is 9.97 Å². The molecule has 1 aromatic carbocycles. The maximum atomic E-state index is 4.92. The van der Waals surface area contributed by atoms with Crippen molar-refractivity contribution in [3.05, 3.63) is 77.6 Å². The van der Waals surface area contributed by atoms with Crippen LogP contribution in [0.4, 0.5) is 11.8 Å². The highest BCUT2D eigenvalue weighted by Gasteiger charge is 2.26. The van der Waals surface area contributed by atoms with Crippen LogP contribution in [-0.4, -0.2) is 39.7 Å². The zero-order chi connectivity index (χ0) is 23.1. The lowest BCUT2D eigenvalue weighted by atomic mass is 9.91. The van der Waals surface area contributed by atoms with E-state index in [-0.39, 0.29) is 0 Å². The van der Waals surface area contributed by atoms with Crippen LogP contribution in [0.2, 0.25) is 0 Å². The van der Waals surface area contributed by atoms with Gasteiger partial charge in [-0.3, -0.25) is 14.5 Å². The fraction of sp³-hybridized carbons (Fsp3) is 0.240. The Morgan fingerprint density at radius 2 is 2.03 bits per heavy atom. The minimum Gasteiger partial charge on any atom is -0.307 e. The Hall–Kier alpha value is -4.27. The Morgan fingerprint density at radius 1 is 1.09 bits per heavy atom. The Balaban J connectivity index is 1.36. The molecule has 9 nitrogen and oxygen atoms in total. The van der Waals surface area contributed by atoms with Gasteiger partial charge < -0.3 is 5.32 Å². The first-order valence-electron chi connectivity index (χ1n) is 11.5. The summed E-state index contributed by atoms with van der Waals surface area (Å²) >= 11 is 0. The SMILES string of the molecule is CCn1ccc(Nc2ncc3c(n2)-c2c(nn(C)c2Cc2cccc(-c4cn[nH]c4)c2)CC3)n1. The van der Waals surface area contributed by atoms with E-state index in [2.05, 4.69) is 56.8 Å². The van der Waals surface area contributed by atoms with Gasteiger partial charge in [0.05, 0.1) is 23.3 Å². The predicted molar refractivity (Wildman–Crippen MR) is 130 cm³/mol. The maximum Gasteiger partial charge on any atom is 0.228 e. The van der Waals surface area contributed by atoms with E-state index < -0.39 is 0 Å². The smallest absolute Gasteiger partial charge is 0.228 e. The molecule has 0 radical (unpaired) electrons. The van der Waals surface area contributed by atoms with Crippen LogP contribution in [0.5, 0.6) is 0 Å². The molecule has 4 aromatic heterocycles. The molecule has 0 unspecified atom stereocenters. The van der Waals surface area contributed by atoms with Gasteiger partial charge in [0.2, 0.25) is 5.95 Å². The van der Waals surface area contributed by atoms with Crippen LogP contribution in [0, 0.1) is 0 Å². The first-order chi connectivity index (χ1) is 16.7. The van der Waals surface area contributed by atoms with Crippen LogP contribution in [-0.2, 0) is 32.9 Å². The van der Waals surface area contributed by atoms with Gasteiger partial charge in [-0.05, 0) is 36.5 Å². The van der Waals surface area contributed by atoms with E-state index in [1.807, 2.05) is 47.3 Å². The molecule has 4 heterocycles. The molecule has 2 N–H and O–H groups in total. The molecule has 1 aliphatic carbocycles. The van der Waals surface area contributed by atoms with E-state index in [1.54, 1.807) is 0 Å². The minimum absolute atomic E-state index is 0.546. The monoisotopic (exact) mass is 451 g/mol. The van der Waals surface area contributed by atoms with Gasteiger partial charge >= 0.3 is 0 Å². The number of fused-ring (bicyclic) bond motifs is 3. The van der Waals surface area contributed by atoms with E-state index in [1.165, 1.54) is 5.56 Å². The highest BCUT2D eigenvalue weighted by molar-refractivity contribution is 5.72. The summed E-state index contributed by atoms with van der Waals surface area (Å²) < 4.78 is 3.87. The standard InChI is InChI=1S/C25H25N9/c1-3-34-10-9-22(32-34)29-25-26-13-18-7-8-20-23(24(18)30-25)21(33(2)31-20)12-16-5-4-6-17(11-16)19-14-27-28-15-19/h4-6,9-11,13-15H,3,7-8,12H2,1-2H3,(H,27,28)(H,26,29,30,32). The highest BCUT2D eigenvalue weighted by Crippen LogP contribution is 2.36. The number of benzene rings is 1. The summed E-state index contributed by atoms with van der Waals surface area (Å²) in [6.07, 6.45) is 10.2. The Labute approximate surface area is 196 Å². The summed E-state index contributed by atoms with van der Waals surface area (Å²) in [5.74, 6) is 1.28. The fourth-order valence-electron chi connectivity index (χ4n) is 4.57. The number of nitrogens with one attached hydrogen (secondary N) is 2. The molecule has 0 fully saturated rings. The topological polar surface area (TPSA) is 102 Å². The van der Waals surface area contributed by atoms with Gasteiger partial charge in [0.1, 0.15) is 0 Å². The second-order valence-electron chi connectivity index (χ2n) is 8.51. The van der Waals surface area contributed by atoms with Gasteiger partial charge in [-0.15, -0.1) is 0 Å². The molecule has 34 heavy (non-hydrogen) atoms. The molecule has 6 rings (SSSR count). The van der Waals surface area contributed by atoms with Crippen LogP contribution in [0.25, 0.3) is 22.4 Å². The van der Waals surface area contributed by atoms with Gasteiger partial charge in [0.15, 0.2) is 5.82 Å². The second-order valence-corrected chi connectivity index (χ2v) is 8.51. The van der Waals surface area contributed by atoms with Crippen molar-refractivity contribution in [2.45, 2.75) is 32.7 Å². The summed E-state index contributed by atoms with van der Waals surface area (Å²) in [5.41, 5.74) is 8.92. The summed E-state index contributed by atoms with van der Waals surface area (Å²) in [6, 6.07) is 10.5. The fourth-order valence-corrected chi connectivity index (χ4v) is 4.57. The first-order valence-corrected chi connectivity index (χ1v) is 11.5. The lowest BCUT2D eigenvalue weighted by Crippen LogP contribution is -2.09. The quantitative estimate of drug-likeness (QED) is 0.406. The van der Waals surface area contributed by atoms with E-state index in [0.717, 1.165) is 71.0 Å². The second kappa shape index (κ2) is 8.26. The first kappa shape index (κ1) is 20.3. The van der Waals surface area contributed by atoms with Crippen molar-refractivity contribution in [2.75, 3.05) is 5.32 Å². The lowest BCUT2D eigenvalue weighted by molar-refractivity contribution is 0.662. The van der Waals surface area contributed by atoms with Gasteiger partial charge in [-0.1, -0.05) is 24.3 Å². The number of H-pyrrole nitrogens is 1. The van der Waals surface area contributed by atoms with E-state index in [0.29, 0.717) is 5.95 Å². The molecule has 0 saturated heterocycles. The van der Waals surface area contributed by atoms with Crippen molar-refractivity contribution in [2.24, 2.45) is 7.05 Å². The average Bonchev–Trinajstić information content (AvgIpc) is 3.60. The number of aromatic amines is 1. The van der Waals surface area contributed by atoms with Crippen molar-refractivity contribution < 1.29 is 0 Å². The Bertz CT molecular complexity index is 1460. The van der Waals surface area contributed by atoms with Crippen LogP contribution >= 0.6 is 0 Å². The van der Waals surface area contributed by atoms with Crippen molar-refractivity contribution >= 4 is 11.8 Å². The minimum atomic E-state index is 0.546. The number of aromatic nitrogens is 8. The summed E-state index contributed by atoms with van der Waals surface area (Å²) in [4.78, 5) is 9.47. The van der Waals surface area contributed by atoms with Crippen molar-refractivity contribution in [3.8, 4) is 22.4 Å². The molecule has 1 aliphatic rings. The third-order valence-electron chi connectivity index (χ3n) is 6.31. The lowest BCUT2D eigenvalue weighted by Gasteiger charge is -2.17. The van der Waals surface area contributed by atoms with Crippen molar-refractivity contribution in [1.29, 1.82) is 0 Å². The molecule has 0 amide bonds. The third-order valence-corrected chi connectivity index (χ3v) is 6.31. The molecular weight excluding hydrogens is 426 g/mol. The molecule has 5 aromatic rings. The summed E-state index contributed by atoms with van der Waals surface area (Å²) in [7, 11) is 2.02. The van der Waals surface area contributed by atoms with Gasteiger partial charge in [-0.2, -0.15) is 15.3 Å². The Morgan fingerprint density at radius 3 is 2.85 bits per heavy atom. The van der Waals surface area contributed by atoms with Crippen LogP contribution in [0.15, 0.2) is 55.1 Å². The maximum absolute atomic E-state index is 4.92. The molecule has 9 heteroatoms. The highest BCUT2D eigenvalue weighted by atomic mass is 15.3. The summed E-state index contributed by atoms with van der Waals surface area (Å²) in [6.45, 7) is 2.87. The van der Waals surface area contributed by atoms with Gasteiger partial charge in [0, 0.05) is 55.8 Å². The molecule has 0 aliphatic heterocycles. The number of hydrogen-bond donors (Lipinski definition) is 2. The van der Waals surface area contributed by atoms with Crippen LogP contribution < -0.4 is 5.32 Å². The van der Waals surface area contributed by atoms with Crippen LogP contribution in [0.1, 0.15) is 29.4 Å². The molecule has 170 valence electrons. The number of rotatable bonds is 6. The number of anilines is 2. The molecule has 0 spiro atoms. The number of aryl methyl sites for hydroxylation is 4. The Kier molecular flexibility index (Phi) is 4.94. The van der Waals surface area contributed by atoms with E-state index in [4.69, 9.17) is 10.1 Å². The number of nitrogens with zero attached hydrogens (tertiary/aromatic N) is 7. The third kappa shape index (κ3) is 3.64. The molecule has 0 atom stereocenters. The van der Waals surface area contributed by atoms with E-state index >= 15 is 0 Å². The molecule has 0 saturated carbocycles. The van der Waals surface area contributed by atoms with Crippen LogP contribution in [0.3, 0.4) is 0 Å².